The molecular weight excluding hydrogens is 242 g/mol. The smallest absolute Gasteiger partial charge is 0.272 e. The fourth-order valence-corrected chi connectivity index (χ4v) is 2.35. The van der Waals surface area contributed by atoms with Crippen LogP contribution in [0.2, 0.25) is 0 Å². The van der Waals surface area contributed by atoms with Crippen molar-refractivity contribution in [3.63, 3.8) is 0 Å². The van der Waals surface area contributed by atoms with Gasteiger partial charge in [0.25, 0.3) is 5.91 Å². The molecule has 0 saturated carbocycles. The van der Waals surface area contributed by atoms with Crippen molar-refractivity contribution in [2.45, 2.75) is 18.9 Å². The van der Waals surface area contributed by atoms with Crippen molar-refractivity contribution in [3.05, 3.63) is 30.2 Å². The fourth-order valence-electron chi connectivity index (χ4n) is 2.35. The molecule has 1 aliphatic heterocycles. The van der Waals surface area contributed by atoms with Crippen LogP contribution in [0.1, 0.15) is 23.3 Å². The zero-order valence-corrected chi connectivity index (χ0v) is 10.9. The number of likely N-dealkylation sites (tertiary alicyclic amines) is 1. The fraction of sp³-hybridized carbons (Fsp3) is 0.462. The summed E-state index contributed by atoms with van der Waals surface area (Å²) in [5.41, 5.74) is 1.12. The highest BCUT2D eigenvalue weighted by atomic mass is 16.2. The van der Waals surface area contributed by atoms with Crippen LogP contribution >= 0.6 is 0 Å². The van der Waals surface area contributed by atoms with Crippen LogP contribution in [0.5, 0.6) is 0 Å². The zero-order valence-electron chi connectivity index (χ0n) is 10.9. The van der Waals surface area contributed by atoms with Crippen molar-refractivity contribution in [2.75, 3.05) is 20.1 Å². The van der Waals surface area contributed by atoms with Crippen LogP contribution in [-0.2, 0) is 0 Å². The van der Waals surface area contributed by atoms with E-state index in [1.807, 2.05) is 0 Å². The number of hydrogen-bond acceptors (Lipinski definition) is 4. The number of piperidine rings is 1. The van der Waals surface area contributed by atoms with Gasteiger partial charge in [0.05, 0.1) is 0 Å². The molecule has 6 heteroatoms. The lowest BCUT2D eigenvalue weighted by Gasteiger charge is -2.29. The van der Waals surface area contributed by atoms with Gasteiger partial charge >= 0.3 is 0 Å². The number of carbonyl (C=O) groups excluding carboxylic acids is 1. The summed E-state index contributed by atoms with van der Waals surface area (Å²) in [4.78, 5) is 18.6. The molecule has 1 N–H and O–H groups in total. The molecule has 0 aliphatic carbocycles. The van der Waals surface area contributed by atoms with E-state index < -0.39 is 0 Å². The molecule has 2 aromatic heterocycles. The Morgan fingerprint density at radius 1 is 1.42 bits per heavy atom. The standard InChI is InChI=1S/C13H17N5O/c1-17-7-3-10(4-8-17)15-13(19)11-9-12-14-5-2-6-18(12)16-11/h2,5-6,9-10H,3-4,7-8H2,1H3,(H,15,19). The third-order valence-electron chi connectivity index (χ3n) is 3.52. The number of amides is 1. The number of fused-ring (bicyclic) bond motifs is 1. The first-order chi connectivity index (χ1) is 9.22. The first-order valence-electron chi connectivity index (χ1n) is 6.52. The van der Waals surface area contributed by atoms with Crippen molar-refractivity contribution in [3.8, 4) is 0 Å². The largest absolute Gasteiger partial charge is 0.348 e. The van der Waals surface area contributed by atoms with E-state index in [9.17, 15) is 4.79 Å². The first-order valence-corrected chi connectivity index (χ1v) is 6.52. The first kappa shape index (κ1) is 12.1. The molecule has 0 radical (unpaired) electrons. The van der Waals surface area contributed by atoms with E-state index in [-0.39, 0.29) is 11.9 Å². The predicted molar refractivity (Wildman–Crippen MR) is 71.0 cm³/mol. The van der Waals surface area contributed by atoms with Crippen LogP contribution in [-0.4, -0.2) is 51.6 Å². The summed E-state index contributed by atoms with van der Waals surface area (Å²) in [5, 5.41) is 7.27. The van der Waals surface area contributed by atoms with E-state index in [2.05, 4.69) is 27.3 Å². The highest BCUT2D eigenvalue weighted by Crippen LogP contribution is 2.10. The van der Waals surface area contributed by atoms with Crippen molar-refractivity contribution in [1.82, 2.24) is 24.8 Å². The molecular formula is C13H17N5O. The second-order valence-corrected chi connectivity index (χ2v) is 5.00. The predicted octanol–water partition coefficient (Wildman–Crippen LogP) is 0.553. The summed E-state index contributed by atoms with van der Waals surface area (Å²) in [7, 11) is 2.10. The molecule has 100 valence electrons. The number of aromatic nitrogens is 3. The Hall–Kier alpha value is -1.95. The van der Waals surface area contributed by atoms with Crippen LogP contribution in [0.25, 0.3) is 5.65 Å². The molecule has 3 heterocycles. The summed E-state index contributed by atoms with van der Waals surface area (Å²) in [6.45, 7) is 2.05. The number of nitrogens with one attached hydrogen (secondary N) is 1. The second-order valence-electron chi connectivity index (χ2n) is 5.00. The Labute approximate surface area is 111 Å². The third kappa shape index (κ3) is 2.58. The Bertz CT molecular complexity index is 552. The summed E-state index contributed by atoms with van der Waals surface area (Å²) in [6, 6.07) is 3.75. The lowest BCUT2D eigenvalue weighted by Crippen LogP contribution is -2.43. The van der Waals surface area contributed by atoms with Gasteiger partial charge in [-0.1, -0.05) is 0 Å². The van der Waals surface area contributed by atoms with Gasteiger partial charge in [-0.05, 0) is 39.0 Å². The van der Waals surface area contributed by atoms with Gasteiger partial charge in [0, 0.05) is 24.5 Å². The van der Waals surface area contributed by atoms with Crippen LogP contribution in [0, 0.1) is 0 Å². The number of rotatable bonds is 2. The van der Waals surface area contributed by atoms with Gasteiger partial charge in [0.15, 0.2) is 11.3 Å². The molecule has 0 aromatic carbocycles. The highest BCUT2D eigenvalue weighted by molar-refractivity contribution is 5.93. The number of carbonyl (C=O) groups is 1. The third-order valence-corrected chi connectivity index (χ3v) is 3.52. The normalized spacial score (nSPS) is 17.7. The van der Waals surface area contributed by atoms with E-state index >= 15 is 0 Å². The monoisotopic (exact) mass is 259 g/mol. The van der Waals surface area contributed by atoms with Gasteiger partial charge in [-0.15, -0.1) is 0 Å². The minimum absolute atomic E-state index is 0.111. The Kier molecular flexibility index (Phi) is 3.16. The van der Waals surface area contributed by atoms with Crippen molar-refractivity contribution < 1.29 is 4.79 Å². The minimum Gasteiger partial charge on any atom is -0.348 e. The number of nitrogens with zero attached hydrogens (tertiary/aromatic N) is 4. The molecule has 1 amide bonds. The van der Waals surface area contributed by atoms with E-state index in [1.54, 1.807) is 29.0 Å². The van der Waals surface area contributed by atoms with Gasteiger partial charge in [-0.2, -0.15) is 5.10 Å². The Morgan fingerprint density at radius 2 is 2.21 bits per heavy atom. The average Bonchev–Trinajstić information content (AvgIpc) is 2.85. The molecule has 0 spiro atoms. The van der Waals surface area contributed by atoms with Crippen molar-refractivity contribution in [2.24, 2.45) is 0 Å². The maximum absolute atomic E-state index is 12.1. The van der Waals surface area contributed by atoms with Crippen molar-refractivity contribution >= 4 is 11.6 Å². The SMILES string of the molecule is CN1CCC(NC(=O)c2cc3ncccn3n2)CC1. The summed E-state index contributed by atoms with van der Waals surface area (Å²) >= 11 is 0. The van der Waals surface area contributed by atoms with E-state index in [0.29, 0.717) is 11.3 Å². The van der Waals surface area contributed by atoms with Gasteiger partial charge in [-0.3, -0.25) is 4.79 Å². The molecule has 0 bridgehead atoms. The summed E-state index contributed by atoms with van der Waals surface area (Å²) in [5.74, 6) is -0.111. The van der Waals surface area contributed by atoms with Gasteiger partial charge in [0.2, 0.25) is 0 Å². The topological polar surface area (TPSA) is 62.5 Å². The van der Waals surface area contributed by atoms with Gasteiger partial charge in [0.1, 0.15) is 0 Å². The molecule has 1 fully saturated rings. The minimum atomic E-state index is -0.111. The van der Waals surface area contributed by atoms with E-state index in [1.165, 1.54) is 0 Å². The molecule has 3 rings (SSSR count). The molecule has 0 unspecified atom stereocenters. The van der Waals surface area contributed by atoms with Crippen LogP contribution < -0.4 is 5.32 Å². The van der Waals surface area contributed by atoms with Crippen LogP contribution in [0.4, 0.5) is 0 Å². The van der Waals surface area contributed by atoms with E-state index in [0.717, 1.165) is 25.9 Å². The molecule has 0 atom stereocenters. The maximum Gasteiger partial charge on any atom is 0.272 e. The second kappa shape index (κ2) is 4.97. The molecule has 1 saturated heterocycles. The highest BCUT2D eigenvalue weighted by Gasteiger charge is 2.20. The maximum atomic E-state index is 12.1. The molecule has 19 heavy (non-hydrogen) atoms. The van der Waals surface area contributed by atoms with Crippen LogP contribution in [0.3, 0.4) is 0 Å². The molecule has 2 aromatic rings. The summed E-state index contributed by atoms with van der Waals surface area (Å²) in [6.07, 6.45) is 5.46. The van der Waals surface area contributed by atoms with Gasteiger partial charge < -0.3 is 10.2 Å². The van der Waals surface area contributed by atoms with Crippen molar-refractivity contribution in [1.29, 1.82) is 0 Å². The van der Waals surface area contributed by atoms with Crippen LogP contribution in [0.15, 0.2) is 24.5 Å². The molecule has 1 aliphatic rings. The lowest BCUT2D eigenvalue weighted by molar-refractivity contribution is 0.0911. The Balaban J connectivity index is 1.70. The average molecular weight is 259 g/mol. The lowest BCUT2D eigenvalue weighted by atomic mass is 10.1. The quantitative estimate of drug-likeness (QED) is 0.855. The molecule has 6 nitrogen and oxygen atoms in total. The van der Waals surface area contributed by atoms with Gasteiger partial charge in [-0.25, -0.2) is 9.50 Å². The zero-order chi connectivity index (χ0) is 13.2. The number of hydrogen-bond donors (Lipinski definition) is 1. The summed E-state index contributed by atoms with van der Waals surface area (Å²) < 4.78 is 1.61. The Morgan fingerprint density at radius 3 is 2.95 bits per heavy atom. The van der Waals surface area contributed by atoms with E-state index in [4.69, 9.17) is 0 Å².